The van der Waals surface area contributed by atoms with Gasteiger partial charge in [0, 0.05) is 40.0 Å². The van der Waals surface area contributed by atoms with E-state index < -0.39 is 18.6 Å². The Morgan fingerprint density at radius 2 is 1.47 bits per heavy atom. The van der Waals surface area contributed by atoms with Gasteiger partial charge in [0.15, 0.2) is 0 Å². The predicted octanol–water partition coefficient (Wildman–Crippen LogP) is 1.76. The molecule has 0 aliphatic heterocycles. The first-order chi connectivity index (χ1) is 8.10. The lowest BCUT2D eigenvalue weighted by molar-refractivity contribution is 0.272. The molecule has 4 nitrogen and oxygen atoms in total. The summed E-state index contributed by atoms with van der Waals surface area (Å²) in [5.74, 6) is 0. The third-order valence-corrected chi connectivity index (χ3v) is 5.98. The van der Waals surface area contributed by atoms with E-state index in [-0.39, 0.29) is 0 Å². The highest BCUT2D eigenvalue weighted by Gasteiger charge is 2.15. The Labute approximate surface area is 109 Å². The first-order valence-corrected chi connectivity index (χ1v) is 8.82. The lowest BCUT2D eigenvalue weighted by Gasteiger charge is -2.14. The van der Waals surface area contributed by atoms with Crippen molar-refractivity contribution >= 4 is 18.6 Å². The molecule has 0 spiro atoms. The SMILES string of the molecule is C=CC(C)[SiH](OC)OC.C=CC[SiH](OC)OC. The maximum atomic E-state index is 5.10. The average Bonchev–Trinajstić information content (AvgIpc) is 2.37. The predicted molar refractivity (Wildman–Crippen MR) is 77.0 cm³/mol. The standard InChI is InChI=1S/C6H14O2Si.C5H12O2Si/c1-5-6(2)9(7-3)8-4;1-4-5-8(6-2)7-3/h5-6,9H,1H2,2-4H3;4,8H,1,5H2,2-3H3. The Bertz CT molecular complexity index is 182. The summed E-state index contributed by atoms with van der Waals surface area (Å²) in [5.41, 5.74) is 0.389. The molecule has 0 rings (SSSR count). The van der Waals surface area contributed by atoms with Crippen LogP contribution >= 0.6 is 0 Å². The third kappa shape index (κ3) is 10.6. The lowest BCUT2D eigenvalue weighted by atomic mass is 10.5. The van der Waals surface area contributed by atoms with Gasteiger partial charge in [-0.05, 0) is 0 Å². The van der Waals surface area contributed by atoms with Crippen LogP contribution in [0.25, 0.3) is 0 Å². The van der Waals surface area contributed by atoms with E-state index in [9.17, 15) is 0 Å². The molecule has 0 fully saturated rings. The van der Waals surface area contributed by atoms with E-state index in [0.717, 1.165) is 6.04 Å². The van der Waals surface area contributed by atoms with Crippen LogP contribution in [0.5, 0.6) is 0 Å². The Kier molecular flexibility index (Phi) is 15.5. The van der Waals surface area contributed by atoms with Crippen molar-refractivity contribution in [2.24, 2.45) is 0 Å². The molecule has 17 heavy (non-hydrogen) atoms. The molecule has 1 unspecified atom stereocenters. The topological polar surface area (TPSA) is 36.9 Å². The molecule has 1 atom stereocenters. The van der Waals surface area contributed by atoms with Crippen LogP contribution in [-0.2, 0) is 17.7 Å². The van der Waals surface area contributed by atoms with Gasteiger partial charge >= 0.3 is 18.6 Å². The van der Waals surface area contributed by atoms with Gasteiger partial charge in [-0.3, -0.25) is 0 Å². The Balaban J connectivity index is 0. The fourth-order valence-corrected chi connectivity index (χ4v) is 3.18. The summed E-state index contributed by atoms with van der Waals surface area (Å²) in [6.07, 6.45) is 3.69. The highest BCUT2D eigenvalue weighted by molar-refractivity contribution is 6.46. The van der Waals surface area contributed by atoms with E-state index >= 15 is 0 Å². The summed E-state index contributed by atoms with van der Waals surface area (Å²) in [6, 6.07) is 0.882. The van der Waals surface area contributed by atoms with E-state index in [2.05, 4.69) is 20.1 Å². The fraction of sp³-hybridized carbons (Fsp3) is 0.636. The van der Waals surface area contributed by atoms with E-state index in [1.54, 1.807) is 28.4 Å². The minimum atomic E-state index is -1.40. The van der Waals surface area contributed by atoms with Gasteiger partial charge in [0.2, 0.25) is 0 Å². The van der Waals surface area contributed by atoms with Crippen molar-refractivity contribution < 1.29 is 17.7 Å². The minimum Gasteiger partial charge on any atom is -0.400 e. The number of hydrogen-bond donors (Lipinski definition) is 0. The fourth-order valence-electron chi connectivity index (χ4n) is 1.06. The van der Waals surface area contributed by atoms with Crippen LogP contribution < -0.4 is 0 Å². The molecule has 0 aliphatic rings. The second-order valence-corrected chi connectivity index (χ2v) is 8.36. The van der Waals surface area contributed by atoms with Gasteiger partial charge < -0.3 is 17.7 Å². The van der Waals surface area contributed by atoms with E-state index in [1.165, 1.54) is 0 Å². The smallest absolute Gasteiger partial charge is 0.327 e. The highest BCUT2D eigenvalue weighted by Crippen LogP contribution is 2.09. The van der Waals surface area contributed by atoms with Gasteiger partial charge in [0.1, 0.15) is 0 Å². The van der Waals surface area contributed by atoms with Gasteiger partial charge in [0.25, 0.3) is 0 Å². The monoisotopic (exact) mass is 278 g/mol. The second kappa shape index (κ2) is 13.8. The van der Waals surface area contributed by atoms with Crippen LogP contribution in [0.15, 0.2) is 25.3 Å². The second-order valence-electron chi connectivity index (χ2n) is 3.36. The van der Waals surface area contributed by atoms with Gasteiger partial charge in [-0.2, -0.15) is 0 Å². The number of hydrogen-bond acceptors (Lipinski definition) is 4. The molecule has 0 aromatic heterocycles. The Morgan fingerprint density at radius 3 is 1.59 bits per heavy atom. The molecular weight excluding hydrogens is 252 g/mol. The summed E-state index contributed by atoms with van der Waals surface area (Å²) in [5, 5.41) is 0. The van der Waals surface area contributed by atoms with Crippen LogP contribution in [0.1, 0.15) is 6.92 Å². The lowest BCUT2D eigenvalue weighted by Crippen LogP contribution is -2.22. The molecule has 0 heterocycles. The quantitative estimate of drug-likeness (QED) is 0.501. The number of rotatable bonds is 8. The molecule has 0 aromatic carbocycles. The van der Waals surface area contributed by atoms with Crippen molar-refractivity contribution in [3.63, 3.8) is 0 Å². The van der Waals surface area contributed by atoms with Crippen molar-refractivity contribution in [1.29, 1.82) is 0 Å². The largest absolute Gasteiger partial charge is 0.400 e. The van der Waals surface area contributed by atoms with Crippen molar-refractivity contribution in [3.05, 3.63) is 25.3 Å². The first-order valence-electron chi connectivity index (χ1n) is 5.45. The minimum absolute atomic E-state index is 0.389. The van der Waals surface area contributed by atoms with E-state index in [1.807, 2.05) is 12.2 Å². The zero-order valence-electron chi connectivity index (χ0n) is 11.6. The van der Waals surface area contributed by atoms with Crippen molar-refractivity contribution in [2.45, 2.75) is 18.5 Å². The van der Waals surface area contributed by atoms with Gasteiger partial charge in [-0.1, -0.05) is 19.1 Å². The third-order valence-electron chi connectivity index (χ3n) is 2.15. The Hall–Kier alpha value is -0.246. The zero-order chi connectivity index (χ0) is 13.7. The zero-order valence-corrected chi connectivity index (χ0v) is 14.0. The van der Waals surface area contributed by atoms with Crippen molar-refractivity contribution in [1.82, 2.24) is 0 Å². The average molecular weight is 278 g/mol. The van der Waals surface area contributed by atoms with Crippen molar-refractivity contribution in [3.8, 4) is 0 Å². The molecule has 0 saturated carbocycles. The van der Waals surface area contributed by atoms with Gasteiger partial charge in [-0.15, -0.1) is 13.2 Å². The molecule has 0 saturated heterocycles. The van der Waals surface area contributed by atoms with E-state index in [0.29, 0.717) is 5.54 Å². The molecule has 0 aromatic rings. The van der Waals surface area contributed by atoms with E-state index in [4.69, 9.17) is 17.7 Å². The molecule has 0 radical (unpaired) electrons. The molecule has 6 heteroatoms. The van der Waals surface area contributed by atoms with Gasteiger partial charge in [-0.25, -0.2) is 0 Å². The first kappa shape index (κ1) is 19.1. The number of allylic oxidation sites excluding steroid dienone is 2. The maximum Gasteiger partial charge on any atom is 0.327 e. The molecule has 0 bridgehead atoms. The van der Waals surface area contributed by atoms with Crippen molar-refractivity contribution in [2.75, 3.05) is 28.4 Å². The van der Waals surface area contributed by atoms with Gasteiger partial charge in [0.05, 0.1) is 0 Å². The summed E-state index contributed by atoms with van der Waals surface area (Å²) >= 11 is 0. The summed E-state index contributed by atoms with van der Waals surface area (Å²) < 4.78 is 20.2. The molecular formula is C11H26O4Si2. The molecule has 0 amide bonds. The normalized spacial score (nSPS) is 11.9. The summed E-state index contributed by atoms with van der Waals surface area (Å²) in [6.45, 7) is 9.28. The van der Waals surface area contributed by atoms with Crippen LogP contribution in [-0.4, -0.2) is 47.0 Å². The van der Waals surface area contributed by atoms with Crippen LogP contribution in [0.3, 0.4) is 0 Å². The molecule has 0 aliphatic carbocycles. The summed E-state index contributed by atoms with van der Waals surface area (Å²) in [7, 11) is 3.99. The highest BCUT2D eigenvalue weighted by atomic mass is 28.3. The summed E-state index contributed by atoms with van der Waals surface area (Å²) in [4.78, 5) is 0. The maximum absolute atomic E-state index is 5.10. The van der Waals surface area contributed by atoms with Crippen LogP contribution in [0.4, 0.5) is 0 Å². The van der Waals surface area contributed by atoms with Crippen LogP contribution in [0.2, 0.25) is 11.6 Å². The molecule has 102 valence electrons. The molecule has 0 N–H and O–H groups in total. The Morgan fingerprint density at radius 1 is 1.00 bits per heavy atom. The van der Waals surface area contributed by atoms with Crippen LogP contribution in [0, 0.1) is 0 Å².